The molecule has 3 N–H and O–H groups in total. The van der Waals surface area contributed by atoms with E-state index in [9.17, 15) is 15.0 Å². The summed E-state index contributed by atoms with van der Waals surface area (Å²) in [5.41, 5.74) is 0. The first kappa shape index (κ1) is 38.9. The van der Waals surface area contributed by atoms with Gasteiger partial charge < -0.3 is 43.7 Å². The van der Waals surface area contributed by atoms with Crippen molar-refractivity contribution in [3.8, 4) is 0 Å². The minimum Gasteiger partial charge on any atom is -0.464 e. The fourth-order valence-electron chi connectivity index (χ4n) is 5.05. The minimum atomic E-state index is -0.734. The van der Waals surface area contributed by atoms with Gasteiger partial charge in [-0.2, -0.15) is 0 Å². The van der Waals surface area contributed by atoms with E-state index in [1.807, 2.05) is 0 Å². The van der Waals surface area contributed by atoms with E-state index in [0.29, 0.717) is 6.42 Å². The highest BCUT2D eigenvalue weighted by molar-refractivity contribution is 5.74. The maximum absolute atomic E-state index is 12.7. The van der Waals surface area contributed by atoms with E-state index in [2.05, 4.69) is 19.1 Å². The topological polar surface area (TPSA) is 133 Å². The van der Waals surface area contributed by atoms with Crippen molar-refractivity contribution < 1.29 is 48.5 Å². The minimum absolute atomic E-state index is 0.0310. The predicted octanol–water partition coefficient (Wildman–Crippen LogP) is 4.11. The molecule has 1 aliphatic heterocycles. The zero-order valence-electron chi connectivity index (χ0n) is 26.3. The largest absolute Gasteiger partial charge is 0.464 e. The maximum atomic E-state index is 12.7. The second-order valence-electron chi connectivity index (χ2n) is 10.7. The first-order valence-electron chi connectivity index (χ1n) is 16.3. The van der Waals surface area contributed by atoms with E-state index in [1.165, 1.54) is 44.9 Å². The van der Waals surface area contributed by atoms with Crippen molar-refractivity contribution in [2.24, 2.45) is 0 Å². The Hall–Kier alpha value is -1.11. The Morgan fingerprint density at radius 1 is 0.810 bits per heavy atom. The predicted molar refractivity (Wildman–Crippen MR) is 161 cm³/mol. The van der Waals surface area contributed by atoms with Gasteiger partial charge in [-0.05, 0) is 39.0 Å². The summed E-state index contributed by atoms with van der Waals surface area (Å²) in [6.07, 6.45) is 16.4. The Labute approximate surface area is 254 Å². The monoisotopic (exact) mass is 604 g/mol. The fraction of sp³-hybridized carbons (Fsp3) is 0.906. The van der Waals surface area contributed by atoms with Crippen molar-refractivity contribution in [2.75, 3.05) is 59.5 Å². The van der Waals surface area contributed by atoms with Crippen LogP contribution in [0.25, 0.3) is 0 Å². The molecule has 1 fully saturated rings. The molecular formula is C32H60O10. The molecule has 10 heteroatoms. The van der Waals surface area contributed by atoms with Crippen molar-refractivity contribution in [3.63, 3.8) is 0 Å². The highest BCUT2D eigenvalue weighted by atomic mass is 16.6. The summed E-state index contributed by atoms with van der Waals surface area (Å²) in [7, 11) is 0. The molecule has 0 aromatic heterocycles. The van der Waals surface area contributed by atoms with Crippen LogP contribution >= 0.6 is 0 Å². The molecule has 0 spiro atoms. The molecule has 0 saturated carbocycles. The average molecular weight is 605 g/mol. The van der Waals surface area contributed by atoms with E-state index in [1.54, 1.807) is 6.92 Å². The van der Waals surface area contributed by atoms with Crippen molar-refractivity contribution in [1.29, 1.82) is 0 Å². The Morgan fingerprint density at radius 2 is 1.43 bits per heavy atom. The van der Waals surface area contributed by atoms with Gasteiger partial charge in [0.25, 0.3) is 0 Å². The number of hydrogen-bond acceptors (Lipinski definition) is 10. The maximum Gasteiger partial charge on any atom is 0.335 e. The number of allylic oxidation sites excluding steroid dienone is 2. The molecule has 42 heavy (non-hydrogen) atoms. The molecule has 0 aromatic rings. The zero-order chi connectivity index (χ0) is 30.7. The number of carbonyl (C=O) groups is 1. The van der Waals surface area contributed by atoms with Gasteiger partial charge >= 0.3 is 5.97 Å². The van der Waals surface area contributed by atoms with Gasteiger partial charge in [-0.25, -0.2) is 4.79 Å². The normalized spacial score (nSPS) is 20.4. The van der Waals surface area contributed by atoms with Crippen LogP contribution in [0.4, 0.5) is 0 Å². The fourth-order valence-corrected chi connectivity index (χ4v) is 5.05. The molecular weight excluding hydrogens is 544 g/mol. The molecule has 10 nitrogen and oxygen atoms in total. The summed E-state index contributed by atoms with van der Waals surface area (Å²) in [5.74, 6) is -0.402. The highest BCUT2D eigenvalue weighted by Gasteiger charge is 2.44. The molecule has 5 atom stereocenters. The molecule has 1 saturated heterocycles. The van der Waals surface area contributed by atoms with Crippen molar-refractivity contribution in [2.45, 2.75) is 128 Å². The lowest BCUT2D eigenvalue weighted by atomic mass is 10.1. The molecule has 0 bridgehead atoms. The lowest BCUT2D eigenvalue weighted by molar-refractivity contribution is -0.168. The van der Waals surface area contributed by atoms with Crippen LogP contribution < -0.4 is 0 Å². The van der Waals surface area contributed by atoms with E-state index in [4.69, 9.17) is 33.5 Å². The van der Waals surface area contributed by atoms with E-state index >= 15 is 0 Å². The second-order valence-corrected chi connectivity index (χ2v) is 10.7. The zero-order valence-corrected chi connectivity index (χ0v) is 26.3. The molecule has 5 unspecified atom stereocenters. The first-order valence-corrected chi connectivity index (χ1v) is 16.3. The summed E-state index contributed by atoms with van der Waals surface area (Å²) in [5, 5.41) is 27.8. The lowest BCUT2D eigenvalue weighted by Crippen LogP contribution is -2.46. The van der Waals surface area contributed by atoms with Crippen molar-refractivity contribution >= 4 is 5.97 Å². The number of rotatable bonds is 29. The van der Waals surface area contributed by atoms with Crippen molar-refractivity contribution in [1.82, 2.24) is 0 Å². The smallest absolute Gasteiger partial charge is 0.335 e. The number of hydrogen-bond donors (Lipinski definition) is 3. The van der Waals surface area contributed by atoms with Crippen molar-refractivity contribution in [3.05, 3.63) is 12.2 Å². The van der Waals surface area contributed by atoms with Crippen LogP contribution in [0.5, 0.6) is 0 Å². The van der Waals surface area contributed by atoms with Gasteiger partial charge in [0.05, 0.1) is 59.5 Å². The molecule has 0 amide bonds. The lowest BCUT2D eigenvalue weighted by Gasteiger charge is -2.30. The molecule has 1 aliphatic rings. The highest BCUT2D eigenvalue weighted by Crippen LogP contribution is 2.26. The Kier molecular flexibility index (Phi) is 25.4. The summed E-state index contributed by atoms with van der Waals surface area (Å²) in [6, 6.07) is 0. The summed E-state index contributed by atoms with van der Waals surface area (Å²) < 4.78 is 34.6. The first-order chi connectivity index (χ1) is 20.6. The average Bonchev–Trinajstić information content (AvgIpc) is 3.40. The summed E-state index contributed by atoms with van der Waals surface area (Å²) in [4.78, 5) is 12.7. The third-order valence-corrected chi connectivity index (χ3v) is 7.25. The standard InChI is InChI=1S/C32H60O10/c1-3-5-6-7-8-9-10-11-12-13-14-15-16-17-18-27(32(36)37-4-2)41-25-28(38-22-19-33)31-30(40-24-21-35)29(26-42-31)39-23-20-34/h11-12,27-31,33-35H,3-10,13-26H2,1-2H3. The van der Waals surface area contributed by atoms with Crippen LogP contribution in [0, 0.1) is 0 Å². The van der Waals surface area contributed by atoms with Gasteiger partial charge in [-0.15, -0.1) is 0 Å². The summed E-state index contributed by atoms with van der Waals surface area (Å²) >= 11 is 0. The number of aliphatic hydroxyl groups excluding tert-OH is 3. The second kappa shape index (κ2) is 27.4. The van der Waals surface area contributed by atoms with Crippen LogP contribution in [0.15, 0.2) is 12.2 Å². The number of ether oxygens (including phenoxy) is 6. The van der Waals surface area contributed by atoms with E-state index < -0.39 is 36.5 Å². The number of carbonyl (C=O) groups excluding carboxylic acids is 1. The molecule has 0 aromatic carbocycles. The summed E-state index contributed by atoms with van der Waals surface area (Å²) in [6.45, 7) is 4.29. The molecule has 1 rings (SSSR count). The van der Waals surface area contributed by atoms with Gasteiger partial charge in [-0.1, -0.05) is 70.4 Å². The number of esters is 1. The number of unbranched alkanes of at least 4 members (excludes halogenated alkanes) is 10. The van der Waals surface area contributed by atoms with Gasteiger partial charge in [0.2, 0.25) is 0 Å². The Balaban J connectivity index is 2.52. The SMILES string of the molecule is CCCCCCCCC=CCCCCCCC(OCC(OCCO)C1OCC(OCCO)C1OCCO)C(=O)OCC. The van der Waals surface area contributed by atoms with Crippen LogP contribution in [-0.2, 0) is 33.2 Å². The number of aliphatic hydroxyl groups is 3. The molecule has 248 valence electrons. The Morgan fingerprint density at radius 3 is 2.07 bits per heavy atom. The van der Waals surface area contributed by atoms with Gasteiger partial charge in [0, 0.05) is 0 Å². The van der Waals surface area contributed by atoms with E-state index in [-0.39, 0.29) is 59.5 Å². The third-order valence-electron chi connectivity index (χ3n) is 7.25. The molecule has 1 heterocycles. The van der Waals surface area contributed by atoms with E-state index in [0.717, 1.165) is 32.1 Å². The molecule has 0 aliphatic carbocycles. The van der Waals surface area contributed by atoms with Crippen LogP contribution in [0.3, 0.4) is 0 Å². The van der Waals surface area contributed by atoms with Crippen LogP contribution in [0.1, 0.15) is 97.3 Å². The molecule has 0 radical (unpaired) electrons. The van der Waals surface area contributed by atoms with Gasteiger partial charge in [-0.3, -0.25) is 0 Å². The van der Waals surface area contributed by atoms with Gasteiger partial charge in [0.15, 0.2) is 6.10 Å². The van der Waals surface area contributed by atoms with Crippen LogP contribution in [0.2, 0.25) is 0 Å². The third kappa shape index (κ3) is 17.9. The van der Waals surface area contributed by atoms with Gasteiger partial charge in [0.1, 0.15) is 24.4 Å². The Bertz CT molecular complexity index is 647. The van der Waals surface area contributed by atoms with Crippen LogP contribution in [-0.4, -0.2) is 111 Å². The quantitative estimate of drug-likeness (QED) is 0.0651.